The first-order valence-electron chi connectivity index (χ1n) is 6.56. The summed E-state index contributed by atoms with van der Waals surface area (Å²) < 4.78 is 0. The SMILES string of the molecule is Cc1ccc(C[C@@H](C)N(C)C(=O)CCCN)cc1. The zero-order chi connectivity index (χ0) is 13.5. The zero-order valence-electron chi connectivity index (χ0n) is 11.6. The summed E-state index contributed by atoms with van der Waals surface area (Å²) in [5.74, 6) is 0.181. The molecule has 0 spiro atoms. The van der Waals surface area contributed by atoms with E-state index in [0.29, 0.717) is 13.0 Å². The minimum atomic E-state index is 0.181. The van der Waals surface area contributed by atoms with Crippen LogP contribution < -0.4 is 5.73 Å². The Hall–Kier alpha value is -1.35. The van der Waals surface area contributed by atoms with Gasteiger partial charge in [0.2, 0.25) is 5.91 Å². The molecule has 3 nitrogen and oxygen atoms in total. The topological polar surface area (TPSA) is 46.3 Å². The maximum absolute atomic E-state index is 11.9. The second kappa shape index (κ2) is 7.17. The molecule has 1 atom stereocenters. The molecule has 0 bridgehead atoms. The molecule has 100 valence electrons. The number of carbonyl (C=O) groups excluding carboxylic acids is 1. The molecule has 1 rings (SSSR count). The van der Waals surface area contributed by atoms with E-state index in [0.717, 1.165) is 12.8 Å². The van der Waals surface area contributed by atoms with Crippen LogP contribution in [0.5, 0.6) is 0 Å². The minimum Gasteiger partial charge on any atom is -0.343 e. The van der Waals surface area contributed by atoms with Crippen LogP contribution >= 0.6 is 0 Å². The highest BCUT2D eigenvalue weighted by molar-refractivity contribution is 5.76. The van der Waals surface area contributed by atoms with E-state index >= 15 is 0 Å². The van der Waals surface area contributed by atoms with E-state index in [2.05, 4.69) is 38.1 Å². The fraction of sp³-hybridized carbons (Fsp3) is 0.533. The van der Waals surface area contributed by atoms with Crippen molar-refractivity contribution >= 4 is 5.91 Å². The lowest BCUT2D eigenvalue weighted by Gasteiger charge is -2.25. The summed E-state index contributed by atoms with van der Waals surface area (Å²) in [6.45, 7) is 4.74. The maximum atomic E-state index is 11.9. The third-order valence-corrected chi connectivity index (χ3v) is 3.30. The monoisotopic (exact) mass is 248 g/mol. The first-order valence-corrected chi connectivity index (χ1v) is 6.56. The number of aryl methyl sites for hydroxylation is 1. The minimum absolute atomic E-state index is 0.181. The summed E-state index contributed by atoms with van der Waals surface area (Å²) in [5.41, 5.74) is 7.95. The number of benzene rings is 1. The molecule has 0 saturated heterocycles. The molecule has 0 saturated carbocycles. The van der Waals surface area contributed by atoms with Crippen LogP contribution in [0.3, 0.4) is 0 Å². The lowest BCUT2D eigenvalue weighted by atomic mass is 10.0. The van der Waals surface area contributed by atoms with Crippen LogP contribution in [0.15, 0.2) is 24.3 Å². The van der Waals surface area contributed by atoms with Gasteiger partial charge in [-0.2, -0.15) is 0 Å². The molecule has 0 aliphatic rings. The lowest BCUT2D eigenvalue weighted by Crippen LogP contribution is -2.36. The van der Waals surface area contributed by atoms with Gasteiger partial charge in [0, 0.05) is 19.5 Å². The first kappa shape index (κ1) is 14.7. The van der Waals surface area contributed by atoms with Gasteiger partial charge in [0.15, 0.2) is 0 Å². The molecule has 2 N–H and O–H groups in total. The van der Waals surface area contributed by atoms with Crippen molar-refractivity contribution in [3.8, 4) is 0 Å². The van der Waals surface area contributed by atoms with Crippen LogP contribution in [0.4, 0.5) is 0 Å². The van der Waals surface area contributed by atoms with Gasteiger partial charge < -0.3 is 10.6 Å². The van der Waals surface area contributed by atoms with Crippen LogP contribution in [0.25, 0.3) is 0 Å². The van der Waals surface area contributed by atoms with Gasteiger partial charge in [0.05, 0.1) is 0 Å². The largest absolute Gasteiger partial charge is 0.343 e. The second-order valence-corrected chi connectivity index (χ2v) is 4.94. The van der Waals surface area contributed by atoms with E-state index in [1.54, 1.807) is 0 Å². The van der Waals surface area contributed by atoms with Crippen molar-refractivity contribution in [3.05, 3.63) is 35.4 Å². The van der Waals surface area contributed by atoms with Gasteiger partial charge in [-0.15, -0.1) is 0 Å². The Morgan fingerprint density at radius 3 is 2.50 bits per heavy atom. The molecule has 0 heterocycles. The number of hydrogen-bond donors (Lipinski definition) is 1. The number of amides is 1. The summed E-state index contributed by atoms with van der Waals surface area (Å²) >= 11 is 0. The molecule has 0 aliphatic carbocycles. The zero-order valence-corrected chi connectivity index (χ0v) is 11.6. The molecular formula is C15H24N2O. The van der Waals surface area contributed by atoms with Crippen LogP contribution in [0, 0.1) is 6.92 Å². The highest BCUT2D eigenvalue weighted by Gasteiger charge is 2.15. The molecule has 0 aromatic heterocycles. The summed E-state index contributed by atoms with van der Waals surface area (Å²) in [6, 6.07) is 8.70. The van der Waals surface area contributed by atoms with E-state index < -0.39 is 0 Å². The number of nitrogens with two attached hydrogens (primary N) is 1. The molecule has 0 fully saturated rings. The number of hydrogen-bond acceptors (Lipinski definition) is 2. The Morgan fingerprint density at radius 2 is 1.94 bits per heavy atom. The van der Waals surface area contributed by atoms with Gasteiger partial charge in [-0.25, -0.2) is 0 Å². The Kier molecular flexibility index (Phi) is 5.86. The smallest absolute Gasteiger partial charge is 0.222 e. The Bertz CT molecular complexity index is 373. The van der Waals surface area contributed by atoms with E-state index in [-0.39, 0.29) is 11.9 Å². The van der Waals surface area contributed by atoms with E-state index in [1.165, 1.54) is 11.1 Å². The predicted octanol–water partition coefficient (Wildman–Crippen LogP) is 2.12. The number of rotatable bonds is 6. The highest BCUT2D eigenvalue weighted by atomic mass is 16.2. The summed E-state index contributed by atoms with van der Waals surface area (Å²) in [4.78, 5) is 13.7. The van der Waals surface area contributed by atoms with E-state index in [4.69, 9.17) is 5.73 Å². The van der Waals surface area contributed by atoms with E-state index in [1.807, 2.05) is 11.9 Å². The molecule has 1 aromatic rings. The van der Waals surface area contributed by atoms with Gasteiger partial charge in [0.1, 0.15) is 0 Å². The average molecular weight is 248 g/mol. The van der Waals surface area contributed by atoms with Crippen LogP contribution in [0.2, 0.25) is 0 Å². The standard InChI is InChI=1S/C15H24N2O/c1-12-6-8-14(9-7-12)11-13(2)17(3)15(18)5-4-10-16/h6-9,13H,4-5,10-11,16H2,1-3H3/t13-/m1/s1. The quantitative estimate of drug-likeness (QED) is 0.838. The number of nitrogens with zero attached hydrogens (tertiary/aromatic N) is 1. The molecule has 1 aromatic carbocycles. The van der Waals surface area contributed by atoms with E-state index in [9.17, 15) is 4.79 Å². The highest BCUT2D eigenvalue weighted by Crippen LogP contribution is 2.10. The van der Waals surface area contributed by atoms with Crippen LogP contribution in [-0.2, 0) is 11.2 Å². The fourth-order valence-corrected chi connectivity index (χ4v) is 1.88. The number of carbonyl (C=O) groups is 1. The van der Waals surface area contributed by atoms with Gasteiger partial charge in [-0.3, -0.25) is 4.79 Å². The average Bonchev–Trinajstić information content (AvgIpc) is 2.37. The second-order valence-electron chi connectivity index (χ2n) is 4.94. The molecule has 1 amide bonds. The summed E-state index contributed by atoms with van der Waals surface area (Å²) in [6.07, 6.45) is 2.21. The van der Waals surface area contributed by atoms with Gasteiger partial charge >= 0.3 is 0 Å². The van der Waals surface area contributed by atoms with Crippen LogP contribution in [0.1, 0.15) is 30.9 Å². The van der Waals surface area contributed by atoms with Crippen molar-refractivity contribution < 1.29 is 4.79 Å². The van der Waals surface area contributed by atoms with Crippen molar-refractivity contribution in [2.75, 3.05) is 13.6 Å². The van der Waals surface area contributed by atoms with Crippen molar-refractivity contribution in [2.24, 2.45) is 5.73 Å². The van der Waals surface area contributed by atoms with Crippen molar-refractivity contribution in [1.82, 2.24) is 4.90 Å². The predicted molar refractivity (Wildman–Crippen MR) is 75.4 cm³/mol. The molecule has 0 unspecified atom stereocenters. The lowest BCUT2D eigenvalue weighted by molar-refractivity contribution is -0.131. The van der Waals surface area contributed by atoms with Crippen LogP contribution in [-0.4, -0.2) is 30.4 Å². The Labute approximate surface area is 110 Å². The third-order valence-electron chi connectivity index (χ3n) is 3.30. The van der Waals surface area contributed by atoms with Crippen molar-refractivity contribution in [3.63, 3.8) is 0 Å². The molecule has 0 radical (unpaired) electrons. The summed E-state index contributed by atoms with van der Waals surface area (Å²) in [5, 5.41) is 0. The van der Waals surface area contributed by atoms with Gasteiger partial charge in [0.25, 0.3) is 0 Å². The van der Waals surface area contributed by atoms with Gasteiger partial charge in [-0.05, 0) is 38.8 Å². The van der Waals surface area contributed by atoms with Gasteiger partial charge in [-0.1, -0.05) is 29.8 Å². The first-order chi connectivity index (χ1) is 8.54. The normalized spacial score (nSPS) is 12.2. The fourth-order valence-electron chi connectivity index (χ4n) is 1.88. The van der Waals surface area contributed by atoms with Crippen molar-refractivity contribution in [1.29, 1.82) is 0 Å². The Morgan fingerprint density at radius 1 is 1.33 bits per heavy atom. The summed E-state index contributed by atoms with van der Waals surface area (Å²) in [7, 11) is 1.87. The maximum Gasteiger partial charge on any atom is 0.222 e. The van der Waals surface area contributed by atoms with Crippen molar-refractivity contribution in [2.45, 2.75) is 39.2 Å². The molecule has 0 aliphatic heterocycles. The molecule has 3 heteroatoms. The molecule has 18 heavy (non-hydrogen) atoms. The Balaban J connectivity index is 2.51. The molecular weight excluding hydrogens is 224 g/mol. The number of likely N-dealkylation sites (N-methyl/N-ethyl adjacent to an activating group) is 1. The third kappa shape index (κ3) is 4.49.